The molecule has 0 bridgehead atoms. The Balaban J connectivity index is 2.08. The first-order valence-electron chi connectivity index (χ1n) is 6.74. The fourth-order valence-corrected chi connectivity index (χ4v) is 2.79. The largest absolute Gasteiger partial charge is 0.492 e. The van der Waals surface area contributed by atoms with Crippen LogP contribution in [-0.4, -0.2) is 19.2 Å². The molecule has 1 unspecified atom stereocenters. The Morgan fingerprint density at radius 1 is 1.44 bits per heavy atom. The van der Waals surface area contributed by atoms with Crippen molar-refractivity contribution in [1.82, 2.24) is 5.32 Å². The highest BCUT2D eigenvalue weighted by atomic mass is 35.5. The summed E-state index contributed by atoms with van der Waals surface area (Å²) in [4.78, 5) is 0. The van der Waals surface area contributed by atoms with Gasteiger partial charge in [-0.2, -0.15) is 0 Å². The zero-order valence-electron chi connectivity index (χ0n) is 11.4. The summed E-state index contributed by atoms with van der Waals surface area (Å²) in [6.07, 6.45) is 2.47. The molecular weight excluding hydrogens is 246 g/mol. The average molecular weight is 268 g/mol. The number of nitrogens with one attached hydrogen (secondary N) is 1. The van der Waals surface area contributed by atoms with Crippen molar-refractivity contribution in [3.63, 3.8) is 0 Å². The fraction of sp³-hybridized carbons (Fsp3) is 0.600. The number of aryl methyl sites for hydroxylation is 1. The SMILES string of the molecule is Cc1cc(Cl)c(C(C)C)cc1OCC1CCCN1. The summed E-state index contributed by atoms with van der Waals surface area (Å²) < 4.78 is 5.95. The van der Waals surface area contributed by atoms with Gasteiger partial charge in [0.2, 0.25) is 0 Å². The van der Waals surface area contributed by atoms with E-state index in [4.69, 9.17) is 16.3 Å². The fourth-order valence-electron chi connectivity index (χ4n) is 2.36. The van der Waals surface area contributed by atoms with Gasteiger partial charge in [0, 0.05) is 11.1 Å². The molecule has 1 aromatic carbocycles. The van der Waals surface area contributed by atoms with Gasteiger partial charge in [-0.1, -0.05) is 25.4 Å². The summed E-state index contributed by atoms with van der Waals surface area (Å²) in [6.45, 7) is 8.22. The molecular formula is C15H22ClNO. The van der Waals surface area contributed by atoms with Gasteiger partial charge >= 0.3 is 0 Å². The van der Waals surface area contributed by atoms with Gasteiger partial charge in [-0.25, -0.2) is 0 Å². The van der Waals surface area contributed by atoms with E-state index >= 15 is 0 Å². The third-order valence-electron chi connectivity index (χ3n) is 3.52. The second-order valence-corrected chi connectivity index (χ2v) is 5.81. The molecule has 1 aliphatic rings. The van der Waals surface area contributed by atoms with Crippen LogP contribution in [0.5, 0.6) is 5.75 Å². The minimum absolute atomic E-state index is 0.421. The molecule has 0 aromatic heterocycles. The number of hydrogen-bond donors (Lipinski definition) is 1. The standard InChI is InChI=1S/C15H22ClNO/c1-10(2)13-8-15(11(3)7-14(13)16)18-9-12-5-4-6-17-12/h7-8,10,12,17H,4-6,9H2,1-3H3. The van der Waals surface area contributed by atoms with Crippen molar-refractivity contribution in [2.24, 2.45) is 0 Å². The summed E-state index contributed by atoms with van der Waals surface area (Å²) in [5.41, 5.74) is 2.28. The minimum Gasteiger partial charge on any atom is -0.492 e. The molecule has 3 heteroatoms. The zero-order valence-corrected chi connectivity index (χ0v) is 12.2. The van der Waals surface area contributed by atoms with Crippen molar-refractivity contribution in [3.8, 4) is 5.75 Å². The van der Waals surface area contributed by atoms with Crippen molar-refractivity contribution in [3.05, 3.63) is 28.3 Å². The van der Waals surface area contributed by atoms with Crippen LogP contribution >= 0.6 is 11.6 Å². The zero-order chi connectivity index (χ0) is 13.1. The molecule has 0 spiro atoms. The molecule has 0 aliphatic carbocycles. The molecule has 1 aliphatic heterocycles. The first kappa shape index (κ1) is 13.7. The van der Waals surface area contributed by atoms with Crippen molar-refractivity contribution in [1.29, 1.82) is 0 Å². The van der Waals surface area contributed by atoms with Crippen LogP contribution in [0.2, 0.25) is 5.02 Å². The van der Waals surface area contributed by atoms with Gasteiger partial charge in [-0.3, -0.25) is 0 Å². The van der Waals surface area contributed by atoms with Gasteiger partial charge in [-0.15, -0.1) is 0 Å². The molecule has 2 rings (SSSR count). The Labute approximate surface area is 115 Å². The maximum absolute atomic E-state index is 6.26. The molecule has 1 fully saturated rings. The van der Waals surface area contributed by atoms with E-state index in [2.05, 4.69) is 25.2 Å². The Kier molecular flexibility index (Phi) is 4.52. The molecule has 18 heavy (non-hydrogen) atoms. The Bertz CT molecular complexity index is 411. The van der Waals surface area contributed by atoms with E-state index in [0.29, 0.717) is 12.0 Å². The lowest BCUT2D eigenvalue weighted by atomic mass is 10.0. The molecule has 1 atom stereocenters. The number of halogens is 1. The molecule has 0 saturated carbocycles. The first-order valence-corrected chi connectivity index (χ1v) is 7.12. The van der Waals surface area contributed by atoms with Crippen LogP contribution in [0.4, 0.5) is 0 Å². The third kappa shape index (κ3) is 3.18. The van der Waals surface area contributed by atoms with Crippen LogP contribution in [0, 0.1) is 6.92 Å². The van der Waals surface area contributed by atoms with Crippen LogP contribution in [0.25, 0.3) is 0 Å². The van der Waals surface area contributed by atoms with Crippen LogP contribution in [-0.2, 0) is 0 Å². The van der Waals surface area contributed by atoms with Crippen molar-refractivity contribution < 1.29 is 4.74 Å². The predicted molar refractivity (Wildman–Crippen MR) is 76.8 cm³/mol. The van der Waals surface area contributed by atoms with Gasteiger partial charge in [0.05, 0.1) is 0 Å². The lowest BCUT2D eigenvalue weighted by Gasteiger charge is -2.17. The number of hydrogen-bond acceptors (Lipinski definition) is 2. The van der Waals surface area contributed by atoms with Gasteiger partial charge in [-0.05, 0) is 55.5 Å². The average Bonchev–Trinajstić information content (AvgIpc) is 2.80. The smallest absolute Gasteiger partial charge is 0.122 e. The molecule has 2 nitrogen and oxygen atoms in total. The number of benzene rings is 1. The van der Waals surface area contributed by atoms with Crippen molar-refractivity contribution >= 4 is 11.6 Å². The van der Waals surface area contributed by atoms with E-state index in [1.54, 1.807) is 0 Å². The van der Waals surface area contributed by atoms with Crippen molar-refractivity contribution in [2.75, 3.05) is 13.2 Å². The Morgan fingerprint density at radius 2 is 2.22 bits per heavy atom. The summed E-state index contributed by atoms with van der Waals surface area (Å²) in [7, 11) is 0. The summed E-state index contributed by atoms with van der Waals surface area (Å²) in [5, 5.41) is 4.29. The van der Waals surface area contributed by atoms with E-state index in [0.717, 1.165) is 35.1 Å². The van der Waals surface area contributed by atoms with Crippen LogP contribution in [0.1, 0.15) is 43.7 Å². The molecule has 1 heterocycles. The second kappa shape index (κ2) is 5.94. The number of ether oxygens (including phenoxy) is 1. The van der Waals surface area contributed by atoms with Gasteiger partial charge < -0.3 is 10.1 Å². The van der Waals surface area contributed by atoms with Gasteiger partial charge in [0.25, 0.3) is 0 Å². The molecule has 1 N–H and O–H groups in total. The van der Waals surface area contributed by atoms with Crippen LogP contribution < -0.4 is 10.1 Å². The Morgan fingerprint density at radius 3 is 2.83 bits per heavy atom. The number of rotatable bonds is 4. The van der Waals surface area contributed by atoms with Crippen molar-refractivity contribution in [2.45, 2.75) is 45.6 Å². The van der Waals surface area contributed by atoms with E-state index in [1.165, 1.54) is 12.8 Å². The first-order chi connectivity index (χ1) is 8.58. The predicted octanol–water partition coefficient (Wildman–Crippen LogP) is 3.90. The van der Waals surface area contributed by atoms with Gasteiger partial charge in [0.15, 0.2) is 0 Å². The molecule has 0 radical (unpaired) electrons. The van der Waals surface area contributed by atoms with Gasteiger partial charge in [0.1, 0.15) is 12.4 Å². The van der Waals surface area contributed by atoms with Crippen LogP contribution in [0.3, 0.4) is 0 Å². The highest BCUT2D eigenvalue weighted by molar-refractivity contribution is 6.31. The summed E-state index contributed by atoms with van der Waals surface area (Å²) >= 11 is 6.26. The van der Waals surface area contributed by atoms with E-state index in [1.807, 2.05) is 13.0 Å². The highest BCUT2D eigenvalue weighted by Crippen LogP contribution is 2.31. The quantitative estimate of drug-likeness (QED) is 0.893. The lowest BCUT2D eigenvalue weighted by molar-refractivity contribution is 0.275. The minimum atomic E-state index is 0.421. The summed E-state index contributed by atoms with van der Waals surface area (Å²) in [6, 6.07) is 4.61. The third-order valence-corrected chi connectivity index (χ3v) is 3.85. The maximum atomic E-state index is 6.26. The molecule has 100 valence electrons. The van der Waals surface area contributed by atoms with E-state index in [9.17, 15) is 0 Å². The Hall–Kier alpha value is -0.730. The molecule has 1 aromatic rings. The second-order valence-electron chi connectivity index (χ2n) is 5.40. The highest BCUT2D eigenvalue weighted by Gasteiger charge is 2.16. The topological polar surface area (TPSA) is 21.3 Å². The summed E-state index contributed by atoms with van der Waals surface area (Å²) in [5.74, 6) is 1.39. The maximum Gasteiger partial charge on any atom is 0.122 e. The van der Waals surface area contributed by atoms with Crippen LogP contribution in [0.15, 0.2) is 12.1 Å². The molecule has 1 saturated heterocycles. The lowest BCUT2D eigenvalue weighted by Crippen LogP contribution is -2.28. The molecule has 0 amide bonds. The monoisotopic (exact) mass is 267 g/mol. The van der Waals surface area contributed by atoms with E-state index < -0.39 is 0 Å². The van der Waals surface area contributed by atoms with E-state index in [-0.39, 0.29) is 0 Å². The normalized spacial score (nSPS) is 19.5.